The first-order chi connectivity index (χ1) is 22.0. The quantitative estimate of drug-likeness (QED) is 0.154. The minimum atomic E-state index is -4.57. The molecule has 1 heterocycles. The maximum Gasteiger partial charge on any atom is 0.418 e. The molecular weight excluding hydrogens is 593 g/mol. The number of carboxylic acids is 1. The Morgan fingerprint density at radius 3 is 2.33 bits per heavy atom. The molecule has 4 aromatic carbocycles. The van der Waals surface area contributed by atoms with Crippen LogP contribution in [0.15, 0.2) is 103 Å². The summed E-state index contributed by atoms with van der Waals surface area (Å²) in [5, 5.41) is 12.5. The standard InChI is InChI=1S/C37H33F3N2O4/c1-23(2)17-32(36(44)45)42-35(43)27-13-6-11-25(19-27)22-46-29-14-7-12-26(20-29)33-28(18-24-9-4-3-5-10-24)21-41-34-30(33)15-8-16-31(34)37(38,39)40/h3-16,19-21,23,32H,17-18,22H2,1-2H3,(H,42,43)(H,44,45). The van der Waals surface area contributed by atoms with Gasteiger partial charge in [0.25, 0.3) is 5.91 Å². The molecule has 0 fully saturated rings. The number of carboxylic acid groups (broad SMARTS) is 1. The molecule has 1 amide bonds. The average molecular weight is 627 g/mol. The molecule has 1 atom stereocenters. The highest BCUT2D eigenvalue weighted by Gasteiger charge is 2.33. The van der Waals surface area contributed by atoms with E-state index >= 15 is 0 Å². The molecule has 0 bridgehead atoms. The fourth-order valence-electron chi connectivity index (χ4n) is 5.43. The summed E-state index contributed by atoms with van der Waals surface area (Å²) >= 11 is 0. The number of nitrogens with one attached hydrogen (secondary N) is 1. The third kappa shape index (κ3) is 7.72. The minimum Gasteiger partial charge on any atom is -0.489 e. The maximum absolute atomic E-state index is 13.9. The number of fused-ring (bicyclic) bond motifs is 1. The van der Waals surface area contributed by atoms with Gasteiger partial charge in [-0.05, 0) is 76.9 Å². The summed E-state index contributed by atoms with van der Waals surface area (Å²) in [5.74, 6) is -1.02. The fraction of sp³-hybridized carbons (Fsp3) is 0.216. The smallest absolute Gasteiger partial charge is 0.418 e. The highest BCUT2D eigenvalue weighted by atomic mass is 19.4. The molecule has 5 aromatic rings. The predicted octanol–water partition coefficient (Wildman–Crippen LogP) is 8.32. The Morgan fingerprint density at radius 2 is 1.61 bits per heavy atom. The SMILES string of the molecule is CC(C)CC(NC(=O)c1cccc(COc2cccc(-c3c(Cc4ccccc4)cnc4c(C(F)(F)F)cccc34)c2)c1)C(=O)O. The number of alkyl halides is 3. The van der Waals surface area contributed by atoms with E-state index in [1.54, 1.807) is 48.5 Å². The molecule has 9 heteroatoms. The van der Waals surface area contributed by atoms with Gasteiger partial charge in [-0.15, -0.1) is 0 Å². The van der Waals surface area contributed by atoms with E-state index in [1.165, 1.54) is 12.3 Å². The number of aromatic nitrogens is 1. The Labute approximate surface area is 264 Å². The number of nitrogens with zero attached hydrogens (tertiary/aromatic N) is 1. The van der Waals surface area contributed by atoms with Crippen LogP contribution in [0.4, 0.5) is 13.2 Å². The first-order valence-corrected chi connectivity index (χ1v) is 14.9. The average Bonchev–Trinajstić information content (AvgIpc) is 3.03. The van der Waals surface area contributed by atoms with E-state index in [9.17, 15) is 27.9 Å². The Kier molecular flexibility index (Phi) is 9.70. The van der Waals surface area contributed by atoms with Crippen LogP contribution in [-0.4, -0.2) is 28.0 Å². The first-order valence-electron chi connectivity index (χ1n) is 14.9. The number of rotatable bonds is 11. The topological polar surface area (TPSA) is 88.5 Å². The first kappa shape index (κ1) is 32.2. The molecule has 46 heavy (non-hydrogen) atoms. The lowest BCUT2D eigenvalue weighted by molar-refractivity contribution is -0.139. The third-order valence-corrected chi connectivity index (χ3v) is 7.55. The molecule has 2 N–H and O–H groups in total. The summed E-state index contributed by atoms with van der Waals surface area (Å²) < 4.78 is 47.9. The van der Waals surface area contributed by atoms with Crippen molar-refractivity contribution in [2.45, 2.75) is 45.5 Å². The zero-order valence-corrected chi connectivity index (χ0v) is 25.3. The summed E-state index contributed by atoms with van der Waals surface area (Å²) in [6.07, 6.45) is -2.28. The van der Waals surface area contributed by atoms with E-state index in [2.05, 4.69) is 10.3 Å². The number of aliphatic carboxylic acids is 1. The molecule has 1 unspecified atom stereocenters. The second-order valence-corrected chi connectivity index (χ2v) is 11.5. The number of amides is 1. The molecular formula is C37H33F3N2O4. The molecule has 236 valence electrons. The molecule has 0 spiro atoms. The van der Waals surface area contributed by atoms with E-state index in [0.29, 0.717) is 46.2 Å². The Morgan fingerprint density at radius 1 is 0.891 bits per heavy atom. The molecule has 0 radical (unpaired) electrons. The van der Waals surface area contributed by atoms with E-state index in [0.717, 1.165) is 17.2 Å². The highest BCUT2D eigenvalue weighted by Crippen LogP contribution is 2.39. The molecule has 0 aliphatic rings. The Balaban J connectivity index is 1.43. The highest BCUT2D eigenvalue weighted by molar-refractivity contribution is 5.98. The van der Waals surface area contributed by atoms with E-state index in [1.807, 2.05) is 50.2 Å². The molecule has 6 nitrogen and oxygen atoms in total. The van der Waals surface area contributed by atoms with E-state index in [-0.39, 0.29) is 18.0 Å². The number of carbonyl (C=O) groups is 2. The number of ether oxygens (including phenoxy) is 1. The van der Waals surface area contributed by atoms with Crippen molar-refractivity contribution in [1.29, 1.82) is 0 Å². The second kappa shape index (κ2) is 13.9. The van der Waals surface area contributed by atoms with Gasteiger partial charge < -0.3 is 15.2 Å². The summed E-state index contributed by atoms with van der Waals surface area (Å²) in [6.45, 7) is 3.87. The van der Waals surface area contributed by atoms with E-state index < -0.39 is 29.7 Å². The molecule has 0 aliphatic carbocycles. The molecule has 0 saturated heterocycles. The second-order valence-electron chi connectivity index (χ2n) is 11.5. The molecule has 0 aliphatic heterocycles. The van der Waals surface area contributed by atoms with Crippen LogP contribution in [0.25, 0.3) is 22.0 Å². The monoisotopic (exact) mass is 626 g/mol. The lowest BCUT2D eigenvalue weighted by Crippen LogP contribution is -2.41. The zero-order valence-electron chi connectivity index (χ0n) is 25.3. The van der Waals surface area contributed by atoms with Crippen molar-refractivity contribution in [3.8, 4) is 16.9 Å². The summed E-state index contributed by atoms with van der Waals surface area (Å²) in [5.41, 5.74) is 3.14. The van der Waals surface area contributed by atoms with Crippen LogP contribution in [0.5, 0.6) is 5.75 Å². The van der Waals surface area contributed by atoms with Gasteiger partial charge in [0, 0.05) is 17.1 Å². The van der Waals surface area contributed by atoms with Crippen LogP contribution in [0.3, 0.4) is 0 Å². The fourth-order valence-corrected chi connectivity index (χ4v) is 5.43. The number of benzene rings is 4. The van der Waals surface area contributed by atoms with Crippen molar-refractivity contribution in [2.75, 3.05) is 0 Å². The van der Waals surface area contributed by atoms with Crippen LogP contribution in [-0.2, 0) is 24.0 Å². The maximum atomic E-state index is 13.9. The summed E-state index contributed by atoms with van der Waals surface area (Å²) in [4.78, 5) is 28.7. The number of carbonyl (C=O) groups excluding carboxylic acids is 1. The lowest BCUT2D eigenvalue weighted by Gasteiger charge is -2.17. The van der Waals surface area contributed by atoms with Crippen LogP contribution in [0, 0.1) is 5.92 Å². The van der Waals surface area contributed by atoms with Crippen molar-refractivity contribution in [2.24, 2.45) is 5.92 Å². The number of hydrogen-bond acceptors (Lipinski definition) is 4. The largest absolute Gasteiger partial charge is 0.489 e. The van der Waals surface area contributed by atoms with Crippen LogP contribution in [0.2, 0.25) is 0 Å². The number of para-hydroxylation sites is 1. The summed E-state index contributed by atoms with van der Waals surface area (Å²) in [6, 6.07) is 26.6. The van der Waals surface area contributed by atoms with E-state index in [4.69, 9.17) is 4.74 Å². The minimum absolute atomic E-state index is 0.0862. The lowest BCUT2D eigenvalue weighted by atomic mass is 9.92. The zero-order chi connectivity index (χ0) is 32.8. The molecule has 5 rings (SSSR count). The molecule has 1 aromatic heterocycles. The van der Waals surface area contributed by atoms with Gasteiger partial charge in [-0.25, -0.2) is 4.79 Å². The van der Waals surface area contributed by atoms with Gasteiger partial charge in [-0.3, -0.25) is 9.78 Å². The van der Waals surface area contributed by atoms with Crippen molar-refractivity contribution in [3.63, 3.8) is 0 Å². The van der Waals surface area contributed by atoms with Gasteiger partial charge in [-0.1, -0.05) is 80.6 Å². The normalized spacial score (nSPS) is 12.2. The van der Waals surface area contributed by atoms with Gasteiger partial charge in [0.1, 0.15) is 18.4 Å². The third-order valence-electron chi connectivity index (χ3n) is 7.55. The Bertz CT molecular complexity index is 1860. The van der Waals surface area contributed by atoms with Crippen LogP contribution in [0.1, 0.15) is 52.9 Å². The van der Waals surface area contributed by atoms with Crippen LogP contribution < -0.4 is 10.1 Å². The number of halogens is 3. The van der Waals surface area contributed by atoms with Gasteiger partial charge in [0.15, 0.2) is 0 Å². The van der Waals surface area contributed by atoms with Crippen molar-refractivity contribution >= 4 is 22.8 Å². The van der Waals surface area contributed by atoms with Gasteiger partial charge in [-0.2, -0.15) is 13.2 Å². The van der Waals surface area contributed by atoms with Crippen molar-refractivity contribution < 1.29 is 32.6 Å². The van der Waals surface area contributed by atoms with Gasteiger partial charge in [0.05, 0.1) is 11.1 Å². The number of pyridine rings is 1. The van der Waals surface area contributed by atoms with Gasteiger partial charge >= 0.3 is 12.1 Å². The molecule has 0 saturated carbocycles. The van der Waals surface area contributed by atoms with Crippen molar-refractivity contribution in [3.05, 3.63) is 131 Å². The summed E-state index contributed by atoms with van der Waals surface area (Å²) in [7, 11) is 0. The van der Waals surface area contributed by atoms with Gasteiger partial charge in [0.2, 0.25) is 0 Å². The van der Waals surface area contributed by atoms with Crippen molar-refractivity contribution in [1.82, 2.24) is 10.3 Å². The predicted molar refractivity (Wildman–Crippen MR) is 171 cm³/mol. The number of hydrogen-bond donors (Lipinski definition) is 2. The van der Waals surface area contributed by atoms with Crippen LogP contribution >= 0.6 is 0 Å². The Hall–Kier alpha value is -5.18.